The average molecular weight is 707 g/mol. The first-order valence-electron chi connectivity index (χ1n) is 13.7. The Morgan fingerprint density at radius 3 is 2.08 bits per heavy atom. The molecule has 1 aromatic heterocycles. The summed E-state index contributed by atoms with van der Waals surface area (Å²) >= 11 is 0. The van der Waals surface area contributed by atoms with Crippen molar-refractivity contribution in [2.75, 3.05) is 0 Å². The van der Waals surface area contributed by atoms with Crippen molar-refractivity contribution >= 4 is 16.7 Å². The molecule has 1 heterocycles. The number of aryl methyl sites for hydroxylation is 1. The minimum Gasteiger partial charge on any atom is -0.512 e. The number of nitrogens with zero attached hydrogens (tertiary/aromatic N) is 1. The number of aromatic nitrogens is 1. The van der Waals surface area contributed by atoms with Crippen molar-refractivity contribution in [1.29, 1.82) is 0 Å². The van der Waals surface area contributed by atoms with Gasteiger partial charge in [0, 0.05) is 37.0 Å². The molecule has 3 aromatic rings. The molecule has 1 radical (unpaired) electrons. The van der Waals surface area contributed by atoms with E-state index in [4.69, 9.17) is 4.98 Å². The van der Waals surface area contributed by atoms with Gasteiger partial charge in [-0.2, -0.15) is 0 Å². The summed E-state index contributed by atoms with van der Waals surface area (Å²) in [5.74, 6) is 0.691. The van der Waals surface area contributed by atoms with E-state index in [1.165, 1.54) is 22.6 Å². The summed E-state index contributed by atoms with van der Waals surface area (Å²) in [6, 6.07) is 18.9. The Hall–Kier alpha value is -2.29. The standard InChI is InChI=1S/C24H28N.C11H20O2.Ir/c1-7-17(3)18-8-10-22-19(14-18)9-11-23(25-22)20-12-16(2)13-21(15-20)24(4,5)6;1-10(2,3)8(12)7-9(13)11(4,5)6;/h8-11,13-15,17H,7H2,1-6H3;7,12H,1-6H3;/q-1;;. The van der Waals surface area contributed by atoms with Crippen LogP contribution in [0.3, 0.4) is 0 Å². The number of rotatable bonds is 4. The number of fused-ring (bicyclic) bond motifs is 1. The van der Waals surface area contributed by atoms with E-state index < -0.39 is 5.41 Å². The maximum absolute atomic E-state index is 11.5. The van der Waals surface area contributed by atoms with Crippen molar-refractivity contribution < 1.29 is 30.0 Å². The molecule has 0 aliphatic carbocycles. The Kier molecular flexibility index (Phi) is 11.9. The van der Waals surface area contributed by atoms with Crippen molar-refractivity contribution in [3.63, 3.8) is 0 Å². The number of allylic oxidation sites excluding steroid dienone is 2. The van der Waals surface area contributed by atoms with Crippen LogP contribution in [0.25, 0.3) is 22.2 Å². The van der Waals surface area contributed by atoms with Crippen molar-refractivity contribution in [1.82, 2.24) is 4.98 Å². The normalized spacial score (nSPS) is 13.3. The van der Waals surface area contributed by atoms with Crippen LogP contribution in [-0.4, -0.2) is 15.9 Å². The Bertz CT molecular complexity index is 1300. The molecule has 1 N–H and O–H groups in total. The second kappa shape index (κ2) is 13.4. The van der Waals surface area contributed by atoms with Crippen LogP contribution in [0, 0.1) is 23.8 Å². The molecule has 4 heteroatoms. The predicted molar refractivity (Wildman–Crippen MR) is 163 cm³/mol. The molecule has 1 unspecified atom stereocenters. The Morgan fingerprint density at radius 1 is 0.949 bits per heavy atom. The zero-order chi connectivity index (χ0) is 29.1. The van der Waals surface area contributed by atoms with Gasteiger partial charge in [0.1, 0.15) is 5.76 Å². The number of ketones is 1. The molecule has 0 fully saturated rings. The monoisotopic (exact) mass is 707 g/mol. The number of carbonyl (C=O) groups excluding carboxylic acids is 1. The number of pyridine rings is 1. The van der Waals surface area contributed by atoms with E-state index >= 15 is 0 Å². The average Bonchev–Trinajstić information content (AvgIpc) is 2.81. The smallest absolute Gasteiger partial charge is 0.164 e. The first-order chi connectivity index (χ1) is 17.3. The molecular formula is C35H48IrNO2-. The SMILES string of the molecule is CC(C)(C)C(=O)C=C(O)C(C)(C)C.CCC(C)c1ccc2nc(-c3[c-]c(C)cc(C(C)(C)C)c3)ccc2c1.[Ir]. The molecule has 0 saturated carbocycles. The van der Waals surface area contributed by atoms with Crippen molar-refractivity contribution in [3.8, 4) is 11.3 Å². The summed E-state index contributed by atoms with van der Waals surface area (Å²) in [6.07, 6.45) is 2.49. The van der Waals surface area contributed by atoms with Crippen molar-refractivity contribution in [2.45, 2.75) is 101 Å². The molecule has 1 atom stereocenters. The fourth-order valence-electron chi connectivity index (χ4n) is 3.68. The minimum atomic E-state index is -0.417. The summed E-state index contributed by atoms with van der Waals surface area (Å²) in [5.41, 5.74) is 6.37. The fourth-order valence-corrected chi connectivity index (χ4v) is 3.68. The summed E-state index contributed by atoms with van der Waals surface area (Å²) in [6.45, 7) is 24.5. The second-order valence-electron chi connectivity index (χ2n) is 13.6. The van der Waals surface area contributed by atoms with Gasteiger partial charge in [-0.15, -0.1) is 34.9 Å². The van der Waals surface area contributed by atoms with Crippen molar-refractivity contribution in [3.05, 3.63) is 77.1 Å². The molecule has 0 amide bonds. The van der Waals surface area contributed by atoms with E-state index in [9.17, 15) is 9.90 Å². The number of hydrogen-bond acceptors (Lipinski definition) is 3. The molecule has 39 heavy (non-hydrogen) atoms. The quantitative estimate of drug-likeness (QED) is 0.167. The van der Waals surface area contributed by atoms with Crippen molar-refractivity contribution in [2.24, 2.45) is 10.8 Å². The first-order valence-corrected chi connectivity index (χ1v) is 13.7. The maximum Gasteiger partial charge on any atom is 0.164 e. The van der Waals surface area contributed by atoms with Crippen LogP contribution in [0.1, 0.15) is 105 Å². The molecule has 2 aromatic carbocycles. The van der Waals surface area contributed by atoms with Crippen LogP contribution >= 0.6 is 0 Å². The zero-order valence-corrected chi connectivity index (χ0v) is 28.4. The van der Waals surface area contributed by atoms with Gasteiger partial charge >= 0.3 is 0 Å². The molecule has 0 aliphatic heterocycles. The van der Waals surface area contributed by atoms with Gasteiger partial charge in [-0.3, -0.25) is 9.78 Å². The summed E-state index contributed by atoms with van der Waals surface area (Å²) < 4.78 is 0. The van der Waals surface area contributed by atoms with Gasteiger partial charge in [0.05, 0.1) is 5.52 Å². The van der Waals surface area contributed by atoms with E-state index in [-0.39, 0.29) is 42.5 Å². The van der Waals surface area contributed by atoms with E-state index in [0.29, 0.717) is 5.92 Å². The molecule has 3 rings (SSSR count). The van der Waals surface area contributed by atoms with Gasteiger partial charge in [-0.1, -0.05) is 101 Å². The Balaban J connectivity index is 0.000000466. The molecule has 0 aliphatic rings. The zero-order valence-electron chi connectivity index (χ0n) is 26.0. The Labute approximate surface area is 250 Å². The van der Waals surface area contributed by atoms with Crippen LogP contribution in [0.15, 0.2) is 54.3 Å². The molecule has 3 nitrogen and oxygen atoms in total. The van der Waals surface area contributed by atoms with Crippen LogP contribution < -0.4 is 0 Å². The predicted octanol–water partition coefficient (Wildman–Crippen LogP) is 9.91. The third-order valence-corrected chi connectivity index (χ3v) is 6.82. The van der Waals surface area contributed by atoms with E-state index in [0.717, 1.165) is 28.8 Å². The summed E-state index contributed by atoms with van der Waals surface area (Å²) in [4.78, 5) is 16.4. The van der Waals surface area contributed by atoms with E-state index in [2.05, 4.69) is 90.1 Å². The first kappa shape index (κ1) is 34.7. The molecule has 0 spiro atoms. The third-order valence-electron chi connectivity index (χ3n) is 6.82. The van der Waals surface area contributed by atoms with Gasteiger partial charge in [0.25, 0.3) is 0 Å². The fraction of sp³-hybridized carbons (Fsp3) is 0.486. The number of carbonyl (C=O) groups is 1. The van der Waals surface area contributed by atoms with Gasteiger partial charge in [0.15, 0.2) is 5.78 Å². The molecule has 0 saturated heterocycles. The maximum atomic E-state index is 11.5. The van der Waals surface area contributed by atoms with Crippen LogP contribution in [-0.2, 0) is 30.3 Å². The van der Waals surface area contributed by atoms with Crippen LogP contribution in [0.5, 0.6) is 0 Å². The van der Waals surface area contributed by atoms with Gasteiger partial charge < -0.3 is 5.11 Å². The third kappa shape index (κ3) is 10.00. The topological polar surface area (TPSA) is 50.2 Å². The summed E-state index contributed by atoms with van der Waals surface area (Å²) in [7, 11) is 0. The molecular weight excluding hydrogens is 659 g/mol. The van der Waals surface area contributed by atoms with Crippen LogP contribution in [0.4, 0.5) is 0 Å². The van der Waals surface area contributed by atoms with E-state index in [1.54, 1.807) is 0 Å². The largest absolute Gasteiger partial charge is 0.512 e. The summed E-state index contributed by atoms with van der Waals surface area (Å²) in [5, 5.41) is 10.8. The van der Waals surface area contributed by atoms with Gasteiger partial charge in [0.2, 0.25) is 0 Å². The number of hydrogen-bond donors (Lipinski definition) is 1. The van der Waals surface area contributed by atoms with Gasteiger partial charge in [-0.05, 0) is 46.5 Å². The molecule has 215 valence electrons. The number of aliphatic hydroxyl groups is 1. The Morgan fingerprint density at radius 2 is 1.56 bits per heavy atom. The number of aliphatic hydroxyl groups excluding tert-OH is 1. The molecule has 0 bridgehead atoms. The minimum absolute atomic E-state index is 0. The van der Waals surface area contributed by atoms with E-state index in [1.807, 2.05) is 41.5 Å². The number of benzene rings is 2. The second-order valence-corrected chi connectivity index (χ2v) is 13.6. The van der Waals surface area contributed by atoms with Crippen LogP contribution in [0.2, 0.25) is 0 Å². The van der Waals surface area contributed by atoms with Gasteiger partial charge in [-0.25, -0.2) is 0 Å².